The van der Waals surface area contributed by atoms with Crippen molar-refractivity contribution in [1.29, 1.82) is 0 Å². The maximum Gasteiger partial charge on any atom is 0.306 e. The predicted molar refractivity (Wildman–Crippen MR) is 379 cm³/mol. The molecule has 0 rings (SSSR count). The Hall–Kier alpha value is -5.09. The Labute approximate surface area is 546 Å². The van der Waals surface area contributed by atoms with Gasteiger partial charge in [0, 0.05) is 12.8 Å². The first-order valence-electron chi connectivity index (χ1n) is 35.6. The zero-order chi connectivity index (χ0) is 64.7. The van der Waals surface area contributed by atoms with Crippen LogP contribution in [0, 0.1) is 0 Å². The number of unbranched alkanes of at least 4 members (excludes halogenated alkanes) is 23. The summed E-state index contributed by atoms with van der Waals surface area (Å²) in [5, 5.41) is 11.8. The average Bonchev–Trinajstić information content (AvgIpc) is 3.64. The molecule has 0 heterocycles. The minimum Gasteiger partial charge on any atom is -0.545 e. The molecule has 9 heteroatoms. The zero-order valence-corrected chi connectivity index (χ0v) is 57.5. The van der Waals surface area contributed by atoms with E-state index in [0.29, 0.717) is 17.4 Å². The second-order valence-electron chi connectivity index (χ2n) is 24.4. The van der Waals surface area contributed by atoms with Crippen LogP contribution in [0.2, 0.25) is 0 Å². The summed E-state index contributed by atoms with van der Waals surface area (Å²) in [6.07, 6.45) is 98.9. The van der Waals surface area contributed by atoms with Crippen LogP contribution in [0.5, 0.6) is 0 Å². The number of carboxylic acid groups (broad SMARTS) is 1. The van der Waals surface area contributed by atoms with E-state index in [1.165, 1.54) is 103 Å². The summed E-state index contributed by atoms with van der Waals surface area (Å²) in [7, 11) is 5.92. The largest absolute Gasteiger partial charge is 0.545 e. The number of quaternary nitrogens is 1. The molecular formula is C80H131NO8. The number of hydrogen-bond donors (Lipinski definition) is 0. The third kappa shape index (κ3) is 70.2. The SMILES string of the molecule is CC/C=C\C/C=C\C/C=C\C/C=C\C/C=C\C/C=C\C/C=C\C/C=C\C/C=C\CCCCCCCCCCCCCCCC(=O)OC(COC(=O)CCCCCCCCCCCC/C=C\C/C=C\C/C=C\C/C=C\CC)COC(OCC[N+](C)(C)C)C(=O)[O-]. The minimum atomic E-state index is -1.63. The van der Waals surface area contributed by atoms with Crippen LogP contribution in [0.4, 0.5) is 0 Å². The van der Waals surface area contributed by atoms with Crippen molar-refractivity contribution < 1.29 is 42.9 Å². The molecule has 0 aliphatic carbocycles. The van der Waals surface area contributed by atoms with Crippen molar-refractivity contribution in [2.45, 2.75) is 283 Å². The highest BCUT2D eigenvalue weighted by molar-refractivity contribution is 5.70. The Morgan fingerprint density at radius 1 is 0.337 bits per heavy atom. The van der Waals surface area contributed by atoms with Gasteiger partial charge >= 0.3 is 11.9 Å². The second-order valence-corrected chi connectivity index (χ2v) is 24.4. The normalized spacial score (nSPS) is 13.7. The number of likely N-dealkylation sites (N-methyl/N-ethyl adjacent to an activating group) is 1. The standard InChI is InChI=1S/C80H131NO8/c1-6-8-10-12-14-16-18-20-22-24-26-28-30-31-32-33-34-35-36-37-38-39-40-41-42-43-44-45-46-47-49-51-53-55-57-59-61-63-65-67-69-71-78(83)89-76(75-88-80(79(84)85)86-73-72-81(3,4)5)74-87-77(82)70-68-66-64-62-60-58-56-54-52-50-48-29-27-25-23-21-19-17-15-13-11-9-7-2/h8-11,14-17,20-23,26-29,31-32,34-35,37-38,40-41,43-44,76,80H,6-7,12-13,18-19,24-25,30,33,36,39,42,45-75H2,1-5H3/b10-8-,11-9-,16-14-,17-15-,22-20-,23-21-,28-26-,29-27-,32-31-,35-34-,38-37-,41-40-,44-43-. The average molecular weight is 1230 g/mol. The van der Waals surface area contributed by atoms with E-state index in [9.17, 15) is 19.5 Å². The molecule has 0 aromatic carbocycles. The highest BCUT2D eigenvalue weighted by atomic mass is 16.7. The molecule has 0 N–H and O–H groups in total. The smallest absolute Gasteiger partial charge is 0.306 e. The number of rotatable bonds is 64. The van der Waals surface area contributed by atoms with Gasteiger partial charge in [0.25, 0.3) is 0 Å². The van der Waals surface area contributed by atoms with Gasteiger partial charge in [-0.25, -0.2) is 0 Å². The Morgan fingerprint density at radius 3 is 0.899 bits per heavy atom. The van der Waals surface area contributed by atoms with Crippen LogP contribution < -0.4 is 5.11 Å². The number of carboxylic acids is 1. The first-order chi connectivity index (χ1) is 43.6. The summed E-state index contributed by atoms with van der Waals surface area (Å²) in [6.45, 7) is 4.51. The quantitative estimate of drug-likeness (QED) is 0.0195. The lowest BCUT2D eigenvalue weighted by atomic mass is 10.0. The number of aliphatic carboxylic acids is 1. The van der Waals surface area contributed by atoms with Gasteiger partial charge in [-0.15, -0.1) is 0 Å². The molecule has 0 saturated carbocycles. The van der Waals surface area contributed by atoms with Crippen LogP contribution in [-0.2, 0) is 33.3 Å². The number of carbonyl (C=O) groups excluding carboxylic acids is 3. The maximum atomic E-state index is 12.9. The predicted octanol–water partition coefficient (Wildman–Crippen LogP) is 21.1. The van der Waals surface area contributed by atoms with Crippen molar-refractivity contribution >= 4 is 17.9 Å². The van der Waals surface area contributed by atoms with E-state index < -0.39 is 24.3 Å². The van der Waals surface area contributed by atoms with E-state index in [4.69, 9.17) is 18.9 Å². The number of allylic oxidation sites excluding steroid dienone is 26. The molecule has 89 heavy (non-hydrogen) atoms. The summed E-state index contributed by atoms with van der Waals surface area (Å²) in [4.78, 5) is 37.5. The van der Waals surface area contributed by atoms with E-state index >= 15 is 0 Å². The summed E-state index contributed by atoms with van der Waals surface area (Å²) in [5.41, 5.74) is 0. The lowest BCUT2D eigenvalue weighted by Crippen LogP contribution is -2.44. The Balaban J connectivity index is 4.12. The summed E-state index contributed by atoms with van der Waals surface area (Å²) in [6, 6.07) is 0. The van der Waals surface area contributed by atoms with Crippen molar-refractivity contribution in [3.8, 4) is 0 Å². The molecule has 0 amide bonds. The van der Waals surface area contributed by atoms with Crippen LogP contribution in [0.15, 0.2) is 158 Å². The van der Waals surface area contributed by atoms with Gasteiger partial charge in [-0.1, -0.05) is 294 Å². The van der Waals surface area contributed by atoms with Crippen LogP contribution >= 0.6 is 0 Å². The fourth-order valence-corrected chi connectivity index (χ4v) is 9.40. The van der Waals surface area contributed by atoms with Gasteiger partial charge in [0.1, 0.15) is 13.2 Å². The molecular weight excluding hydrogens is 1100 g/mol. The molecule has 2 atom stereocenters. The summed E-state index contributed by atoms with van der Waals surface area (Å²) in [5.74, 6) is -2.30. The van der Waals surface area contributed by atoms with Crippen LogP contribution in [-0.4, -0.2) is 82.3 Å². The molecule has 0 saturated heterocycles. The summed E-state index contributed by atoms with van der Waals surface area (Å²) < 4.78 is 22.8. The second kappa shape index (κ2) is 68.8. The molecule has 0 aromatic rings. The van der Waals surface area contributed by atoms with Gasteiger partial charge in [-0.3, -0.25) is 9.59 Å². The number of nitrogens with zero attached hydrogens (tertiary/aromatic N) is 1. The first kappa shape index (κ1) is 83.9. The third-order valence-electron chi connectivity index (χ3n) is 14.8. The third-order valence-corrected chi connectivity index (χ3v) is 14.8. The van der Waals surface area contributed by atoms with E-state index in [2.05, 4.69) is 172 Å². The van der Waals surface area contributed by atoms with Crippen molar-refractivity contribution in [1.82, 2.24) is 0 Å². The molecule has 0 bridgehead atoms. The number of hydrogen-bond acceptors (Lipinski definition) is 8. The van der Waals surface area contributed by atoms with E-state index in [1.807, 2.05) is 21.1 Å². The van der Waals surface area contributed by atoms with Gasteiger partial charge in [-0.05, 0) is 122 Å². The lowest BCUT2D eigenvalue weighted by molar-refractivity contribution is -0.870. The van der Waals surface area contributed by atoms with E-state index in [-0.39, 0.29) is 38.6 Å². The maximum absolute atomic E-state index is 12.9. The summed E-state index contributed by atoms with van der Waals surface area (Å²) >= 11 is 0. The van der Waals surface area contributed by atoms with Crippen LogP contribution in [0.25, 0.3) is 0 Å². The van der Waals surface area contributed by atoms with Crippen LogP contribution in [0.3, 0.4) is 0 Å². The zero-order valence-electron chi connectivity index (χ0n) is 57.5. The van der Waals surface area contributed by atoms with Crippen molar-refractivity contribution in [3.05, 3.63) is 158 Å². The molecule has 9 nitrogen and oxygen atoms in total. The molecule has 0 fully saturated rings. The Morgan fingerprint density at radius 2 is 0.607 bits per heavy atom. The van der Waals surface area contributed by atoms with Crippen molar-refractivity contribution in [3.63, 3.8) is 0 Å². The lowest BCUT2D eigenvalue weighted by Gasteiger charge is -2.26. The topological polar surface area (TPSA) is 111 Å². The van der Waals surface area contributed by atoms with Crippen molar-refractivity contribution in [2.24, 2.45) is 0 Å². The monoisotopic (exact) mass is 1230 g/mol. The highest BCUT2D eigenvalue weighted by Crippen LogP contribution is 2.16. The first-order valence-corrected chi connectivity index (χ1v) is 35.6. The number of carbonyl (C=O) groups is 3. The number of esters is 2. The van der Waals surface area contributed by atoms with Crippen LogP contribution in [0.1, 0.15) is 271 Å². The fourth-order valence-electron chi connectivity index (χ4n) is 9.40. The van der Waals surface area contributed by atoms with Gasteiger partial charge < -0.3 is 33.3 Å². The number of ether oxygens (including phenoxy) is 4. The highest BCUT2D eigenvalue weighted by Gasteiger charge is 2.22. The molecule has 0 aliphatic heterocycles. The molecule has 0 radical (unpaired) electrons. The molecule has 0 aromatic heterocycles. The molecule has 2 unspecified atom stereocenters. The van der Waals surface area contributed by atoms with Crippen molar-refractivity contribution in [2.75, 3.05) is 47.5 Å². The van der Waals surface area contributed by atoms with Gasteiger partial charge in [-0.2, -0.15) is 0 Å². The Bertz CT molecular complexity index is 2020. The molecule has 0 spiro atoms. The van der Waals surface area contributed by atoms with E-state index in [1.54, 1.807) is 0 Å². The molecule has 0 aliphatic rings. The van der Waals surface area contributed by atoms with Gasteiger partial charge in [0.15, 0.2) is 12.4 Å². The molecule has 504 valence electrons. The van der Waals surface area contributed by atoms with Gasteiger partial charge in [0.05, 0.1) is 40.3 Å². The Kier molecular flexibility index (Phi) is 64.9. The van der Waals surface area contributed by atoms with Gasteiger partial charge in [0.2, 0.25) is 0 Å². The minimum absolute atomic E-state index is 0.140. The van der Waals surface area contributed by atoms with E-state index in [0.717, 1.165) is 135 Å². The fraction of sp³-hybridized carbons (Fsp3) is 0.637.